The Bertz CT molecular complexity index is 349. The fourth-order valence-corrected chi connectivity index (χ4v) is 3.45. The molecule has 1 saturated heterocycles. The molecule has 1 aromatic rings. The standard InChI is InChI=1S/C12H19NOS/c1-9-4-7-15-11(9)12(14)5-6-13(3)10(2)8-12/h4,7,10,14H,5-6,8H2,1-3H3. The number of piperidine rings is 1. The SMILES string of the molecule is Cc1ccsc1C1(O)CCN(C)C(C)C1. The van der Waals surface area contributed by atoms with Crippen LogP contribution in [0, 0.1) is 6.92 Å². The molecular formula is C12H19NOS. The van der Waals surface area contributed by atoms with Crippen molar-refractivity contribution < 1.29 is 5.11 Å². The van der Waals surface area contributed by atoms with Crippen molar-refractivity contribution in [3.8, 4) is 0 Å². The van der Waals surface area contributed by atoms with Crippen molar-refractivity contribution in [3.05, 3.63) is 21.9 Å². The van der Waals surface area contributed by atoms with Crippen LogP contribution in [0.4, 0.5) is 0 Å². The van der Waals surface area contributed by atoms with Gasteiger partial charge in [0.1, 0.15) is 5.60 Å². The van der Waals surface area contributed by atoms with Crippen molar-refractivity contribution >= 4 is 11.3 Å². The number of hydrogen-bond acceptors (Lipinski definition) is 3. The van der Waals surface area contributed by atoms with Gasteiger partial charge in [0.05, 0.1) is 0 Å². The molecule has 0 saturated carbocycles. The maximum Gasteiger partial charge on any atom is 0.102 e. The lowest BCUT2D eigenvalue weighted by Crippen LogP contribution is -2.45. The van der Waals surface area contributed by atoms with Crippen molar-refractivity contribution in [2.75, 3.05) is 13.6 Å². The highest BCUT2D eigenvalue weighted by atomic mass is 32.1. The predicted molar refractivity (Wildman–Crippen MR) is 64.3 cm³/mol. The van der Waals surface area contributed by atoms with E-state index >= 15 is 0 Å². The van der Waals surface area contributed by atoms with Crippen molar-refractivity contribution in [2.24, 2.45) is 0 Å². The lowest BCUT2D eigenvalue weighted by molar-refractivity contribution is -0.0384. The third kappa shape index (κ3) is 1.96. The molecule has 0 radical (unpaired) electrons. The molecule has 0 spiro atoms. The summed E-state index contributed by atoms with van der Waals surface area (Å²) in [6, 6.07) is 2.56. The van der Waals surface area contributed by atoms with E-state index in [0.29, 0.717) is 6.04 Å². The molecule has 2 atom stereocenters. The minimum absolute atomic E-state index is 0.463. The molecule has 0 amide bonds. The molecule has 2 unspecified atom stereocenters. The Morgan fingerprint density at radius 1 is 1.60 bits per heavy atom. The Labute approximate surface area is 95.5 Å². The zero-order chi connectivity index (χ0) is 11.1. The Balaban J connectivity index is 2.25. The number of nitrogens with zero attached hydrogens (tertiary/aromatic N) is 1. The van der Waals surface area contributed by atoms with Gasteiger partial charge in [-0.15, -0.1) is 11.3 Å². The number of rotatable bonds is 1. The molecule has 15 heavy (non-hydrogen) atoms. The minimum Gasteiger partial charge on any atom is -0.384 e. The van der Waals surface area contributed by atoms with E-state index in [4.69, 9.17) is 0 Å². The van der Waals surface area contributed by atoms with E-state index in [1.54, 1.807) is 11.3 Å². The normalized spacial score (nSPS) is 33.2. The molecule has 2 nitrogen and oxygen atoms in total. The summed E-state index contributed by atoms with van der Waals surface area (Å²) in [5, 5.41) is 12.8. The van der Waals surface area contributed by atoms with E-state index in [1.165, 1.54) is 10.4 Å². The first-order valence-corrected chi connectivity index (χ1v) is 6.38. The van der Waals surface area contributed by atoms with Gasteiger partial charge in [-0.05, 0) is 50.7 Å². The highest BCUT2D eigenvalue weighted by molar-refractivity contribution is 7.10. The van der Waals surface area contributed by atoms with Gasteiger partial charge in [0.2, 0.25) is 0 Å². The smallest absolute Gasteiger partial charge is 0.102 e. The molecule has 84 valence electrons. The fourth-order valence-electron chi connectivity index (χ4n) is 2.38. The third-order valence-electron chi connectivity index (χ3n) is 3.55. The highest BCUT2D eigenvalue weighted by Crippen LogP contribution is 2.39. The van der Waals surface area contributed by atoms with E-state index in [9.17, 15) is 5.11 Å². The summed E-state index contributed by atoms with van der Waals surface area (Å²) in [6.45, 7) is 5.26. The van der Waals surface area contributed by atoms with Crippen molar-refractivity contribution in [3.63, 3.8) is 0 Å². The third-order valence-corrected chi connectivity index (χ3v) is 4.76. The van der Waals surface area contributed by atoms with Gasteiger partial charge < -0.3 is 10.0 Å². The fraction of sp³-hybridized carbons (Fsp3) is 0.667. The molecule has 2 heterocycles. The second kappa shape index (κ2) is 3.89. The van der Waals surface area contributed by atoms with E-state index in [2.05, 4.69) is 37.2 Å². The maximum atomic E-state index is 10.7. The molecule has 1 aliphatic heterocycles. The summed E-state index contributed by atoms with van der Waals surface area (Å²) in [6.07, 6.45) is 1.71. The summed E-state index contributed by atoms with van der Waals surface area (Å²) in [7, 11) is 2.13. The van der Waals surface area contributed by atoms with E-state index in [1.807, 2.05) is 0 Å². The predicted octanol–water partition coefficient (Wildman–Crippen LogP) is 2.36. The highest BCUT2D eigenvalue weighted by Gasteiger charge is 2.38. The van der Waals surface area contributed by atoms with Crippen molar-refractivity contribution in [1.82, 2.24) is 4.90 Å². The van der Waals surface area contributed by atoms with Gasteiger partial charge in [-0.2, -0.15) is 0 Å². The van der Waals surface area contributed by atoms with Crippen LogP contribution in [0.1, 0.15) is 30.2 Å². The zero-order valence-corrected chi connectivity index (χ0v) is 10.5. The molecule has 1 fully saturated rings. The van der Waals surface area contributed by atoms with Crippen LogP contribution in [0.2, 0.25) is 0 Å². The van der Waals surface area contributed by atoms with Crippen molar-refractivity contribution in [1.29, 1.82) is 0 Å². The van der Waals surface area contributed by atoms with Crippen LogP contribution >= 0.6 is 11.3 Å². The van der Waals surface area contributed by atoms with Crippen LogP contribution in [-0.2, 0) is 5.60 Å². The monoisotopic (exact) mass is 225 g/mol. The number of thiophene rings is 1. The second-order valence-corrected chi connectivity index (χ2v) is 5.66. The van der Waals surface area contributed by atoms with Crippen LogP contribution in [-0.4, -0.2) is 29.6 Å². The van der Waals surface area contributed by atoms with Crippen LogP contribution in [0.15, 0.2) is 11.4 Å². The summed E-state index contributed by atoms with van der Waals surface area (Å²) in [5.41, 5.74) is 0.656. The number of aliphatic hydroxyl groups is 1. The van der Waals surface area contributed by atoms with Crippen LogP contribution in [0.3, 0.4) is 0 Å². The van der Waals surface area contributed by atoms with Gasteiger partial charge in [0.25, 0.3) is 0 Å². The Kier molecular flexibility index (Phi) is 2.88. The Hall–Kier alpha value is -0.380. The van der Waals surface area contributed by atoms with E-state index in [-0.39, 0.29) is 0 Å². The summed E-state index contributed by atoms with van der Waals surface area (Å²) in [5.74, 6) is 0. The molecule has 1 N–H and O–H groups in total. The zero-order valence-electron chi connectivity index (χ0n) is 9.66. The molecule has 3 heteroatoms. The molecule has 1 aromatic heterocycles. The minimum atomic E-state index is -0.579. The number of likely N-dealkylation sites (tertiary alicyclic amines) is 1. The summed E-state index contributed by atoms with van der Waals surface area (Å²) >= 11 is 1.69. The largest absolute Gasteiger partial charge is 0.384 e. The Morgan fingerprint density at radius 2 is 2.33 bits per heavy atom. The Morgan fingerprint density at radius 3 is 2.87 bits per heavy atom. The first kappa shape index (κ1) is 11.1. The maximum absolute atomic E-state index is 10.7. The molecule has 2 rings (SSSR count). The average Bonchev–Trinajstić information content (AvgIpc) is 2.59. The number of hydrogen-bond donors (Lipinski definition) is 1. The first-order chi connectivity index (χ1) is 7.03. The van der Waals surface area contributed by atoms with E-state index in [0.717, 1.165) is 19.4 Å². The van der Waals surface area contributed by atoms with Gasteiger partial charge in [-0.25, -0.2) is 0 Å². The molecule has 1 aliphatic rings. The molecule has 0 aliphatic carbocycles. The van der Waals surface area contributed by atoms with E-state index < -0.39 is 5.60 Å². The van der Waals surface area contributed by atoms with Gasteiger partial charge in [0, 0.05) is 17.5 Å². The number of aryl methyl sites for hydroxylation is 1. The summed E-state index contributed by atoms with van der Waals surface area (Å²) < 4.78 is 0. The van der Waals surface area contributed by atoms with Crippen LogP contribution in [0.25, 0.3) is 0 Å². The quantitative estimate of drug-likeness (QED) is 0.793. The lowest BCUT2D eigenvalue weighted by Gasteiger charge is -2.41. The molecule has 0 bridgehead atoms. The lowest BCUT2D eigenvalue weighted by atomic mass is 9.85. The topological polar surface area (TPSA) is 23.5 Å². The van der Waals surface area contributed by atoms with Crippen LogP contribution in [0.5, 0.6) is 0 Å². The van der Waals surface area contributed by atoms with Gasteiger partial charge in [0.15, 0.2) is 0 Å². The average molecular weight is 225 g/mol. The van der Waals surface area contributed by atoms with Crippen LogP contribution < -0.4 is 0 Å². The first-order valence-electron chi connectivity index (χ1n) is 5.50. The summed E-state index contributed by atoms with van der Waals surface area (Å²) in [4.78, 5) is 3.49. The van der Waals surface area contributed by atoms with Crippen molar-refractivity contribution in [2.45, 2.75) is 38.3 Å². The molecular weight excluding hydrogens is 206 g/mol. The van der Waals surface area contributed by atoms with Gasteiger partial charge >= 0.3 is 0 Å². The second-order valence-electron chi connectivity index (χ2n) is 4.75. The molecule has 0 aromatic carbocycles. The van der Waals surface area contributed by atoms with Gasteiger partial charge in [-0.3, -0.25) is 0 Å². The van der Waals surface area contributed by atoms with Gasteiger partial charge in [-0.1, -0.05) is 0 Å².